The second kappa shape index (κ2) is 8.52. The Labute approximate surface area is 179 Å². The zero-order chi connectivity index (χ0) is 21.1. The number of aryl methyl sites for hydroxylation is 1. The standard InChI is InChI=1S/C23H21ClN4O2/c1-2-5-19-21-20(17(12-25)22(26)30-23(21)28-27-19)14-8-10-16(11-9-14)29-13-15-6-3-4-7-18(15)24/h3-4,6-11,20H,2,5,13,26H2,1H3,(H,27,28)/t20-/m0/s1. The van der Waals surface area contributed by atoms with Gasteiger partial charge in [0.05, 0.1) is 5.92 Å². The number of H-pyrrole nitrogens is 1. The summed E-state index contributed by atoms with van der Waals surface area (Å²) in [6.07, 6.45) is 1.75. The highest BCUT2D eigenvalue weighted by atomic mass is 35.5. The highest BCUT2D eigenvalue weighted by Gasteiger charge is 2.34. The second-order valence-electron chi connectivity index (χ2n) is 7.04. The van der Waals surface area contributed by atoms with Crippen molar-refractivity contribution in [2.45, 2.75) is 32.3 Å². The minimum Gasteiger partial charge on any atom is -0.489 e. The molecule has 1 atom stereocenters. The fourth-order valence-corrected chi connectivity index (χ4v) is 3.81. The first-order valence-electron chi connectivity index (χ1n) is 9.73. The summed E-state index contributed by atoms with van der Waals surface area (Å²) < 4.78 is 11.5. The Balaban J connectivity index is 1.62. The number of allylic oxidation sites excluding steroid dienone is 1. The summed E-state index contributed by atoms with van der Waals surface area (Å²) in [6.45, 7) is 2.46. The average molecular weight is 421 g/mol. The predicted octanol–water partition coefficient (Wildman–Crippen LogP) is 4.81. The molecule has 0 saturated heterocycles. The van der Waals surface area contributed by atoms with Crippen LogP contribution in [-0.4, -0.2) is 10.2 Å². The van der Waals surface area contributed by atoms with Gasteiger partial charge in [0, 0.05) is 21.8 Å². The zero-order valence-electron chi connectivity index (χ0n) is 16.5. The first-order chi connectivity index (χ1) is 14.6. The van der Waals surface area contributed by atoms with Crippen LogP contribution in [0.25, 0.3) is 0 Å². The number of aromatic nitrogens is 2. The molecule has 0 fully saturated rings. The maximum Gasteiger partial charge on any atom is 0.244 e. The lowest BCUT2D eigenvalue weighted by Crippen LogP contribution is -2.21. The number of nitriles is 1. The minimum absolute atomic E-state index is 0.0867. The molecule has 1 aliphatic rings. The molecule has 1 aromatic heterocycles. The predicted molar refractivity (Wildman–Crippen MR) is 114 cm³/mol. The molecule has 1 aliphatic heterocycles. The van der Waals surface area contributed by atoms with E-state index in [2.05, 4.69) is 23.2 Å². The Morgan fingerprint density at radius 1 is 1.23 bits per heavy atom. The van der Waals surface area contributed by atoms with Crippen molar-refractivity contribution in [3.63, 3.8) is 0 Å². The fourth-order valence-electron chi connectivity index (χ4n) is 3.62. The third-order valence-corrected chi connectivity index (χ3v) is 5.45. The molecule has 4 rings (SSSR count). The Hall–Kier alpha value is -3.43. The van der Waals surface area contributed by atoms with Gasteiger partial charge in [0.1, 0.15) is 24.0 Å². The van der Waals surface area contributed by atoms with Gasteiger partial charge in [-0.2, -0.15) is 5.26 Å². The first kappa shape index (κ1) is 19.9. The van der Waals surface area contributed by atoms with Crippen molar-refractivity contribution in [1.82, 2.24) is 10.2 Å². The highest BCUT2D eigenvalue weighted by molar-refractivity contribution is 6.31. The van der Waals surface area contributed by atoms with E-state index in [9.17, 15) is 5.26 Å². The normalized spacial score (nSPS) is 15.3. The SMILES string of the molecule is CCCc1[nH]nc2c1[C@@H](c1ccc(OCc3ccccc3Cl)cc1)C(C#N)=C(N)O2. The number of nitrogens with two attached hydrogens (primary N) is 1. The van der Waals surface area contributed by atoms with E-state index in [1.807, 2.05) is 48.5 Å². The van der Waals surface area contributed by atoms with Crippen LogP contribution >= 0.6 is 11.6 Å². The van der Waals surface area contributed by atoms with E-state index in [1.54, 1.807) is 0 Å². The monoisotopic (exact) mass is 420 g/mol. The van der Waals surface area contributed by atoms with Crippen molar-refractivity contribution in [3.8, 4) is 17.7 Å². The van der Waals surface area contributed by atoms with Crippen molar-refractivity contribution in [2.24, 2.45) is 5.73 Å². The van der Waals surface area contributed by atoms with Gasteiger partial charge in [0.15, 0.2) is 0 Å². The van der Waals surface area contributed by atoms with E-state index in [1.165, 1.54) is 0 Å². The summed E-state index contributed by atoms with van der Waals surface area (Å²) in [7, 11) is 0. The number of aromatic amines is 1. The van der Waals surface area contributed by atoms with E-state index in [0.29, 0.717) is 28.8 Å². The molecular formula is C23H21ClN4O2. The summed E-state index contributed by atoms with van der Waals surface area (Å²) in [6, 6.07) is 17.4. The van der Waals surface area contributed by atoms with Gasteiger partial charge in [-0.25, -0.2) is 0 Å². The molecule has 0 aliphatic carbocycles. The highest BCUT2D eigenvalue weighted by Crippen LogP contribution is 2.43. The maximum atomic E-state index is 9.73. The van der Waals surface area contributed by atoms with Crippen LogP contribution in [0.15, 0.2) is 60.0 Å². The molecule has 6 nitrogen and oxygen atoms in total. The fraction of sp³-hybridized carbons (Fsp3) is 0.217. The van der Waals surface area contributed by atoms with Crippen LogP contribution in [0.4, 0.5) is 0 Å². The average Bonchev–Trinajstić information content (AvgIpc) is 3.15. The molecule has 152 valence electrons. The molecule has 0 radical (unpaired) electrons. The first-order valence-corrected chi connectivity index (χ1v) is 10.1. The molecule has 0 unspecified atom stereocenters. The second-order valence-corrected chi connectivity index (χ2v) is 7.45. The third kappa shape index (κ3) is 3.72. The zero-order valence-corrected chi connectivity index (χ0v) is 17.2. The molecule has 2 heterocycles. The van der Waals surface area contributed by atoms with Crippen molar-refractivity contribution in [1.29, 1.82) is 5.26 Å². The van der Waals surface area contributed by atoms with Crippen LogP contribution < -0.4 is 15.2 Å². The van der Waals surface area contributed by atoms with Crippen molar-refractivity contribution in [2.75, 3.05) is 0 Å². The van der Waals surface area contributed by atoms with Crippen molar-refractivity contribution < 1.29 is 9.47 Å². The quantitative estimate of drug-likeness (QED) is 0.596. The summed E-state index contributed by atoms with van der Waals surface area (Å²) in [5.41, 5.74) is 10.1. The molecule has 0 bridgehead atoms. The van der Waals surface area contributed by atoms with Crippen LogP contribution in [0.1, 0.15) is 41.6 Å². The number of rotatable bonds is 6. The summed E-state index contributed by atoms with van der Waals surface area (Å²) in [5.74, 6) is 0.890. The number of hydrogen-bond acceptors (Lipinski definition) is 5. The van der Waals surface area contributed by atoms with Crippen LogP contribution in [0.3, 0.4) is 0 Å². The lowest BCUT2D eigenvalue weighted by molar-refractivity contribution is 0.306. The van der Waals surface area contributed by atoms with E-state index in [4.69, 9.17) is 26.8 Å². The van der Waals surface area contributed by atoms with Gasteiger partial charge in [-0.3, -0.25) is 5.10 Å². The van der Waals surface area contributed by atoms with Gasteiger partial charge in [-0.15, -0.1) is 5.10 Å². The van der Waals surface area contributed by atoms with Crippen LogP contribution in [-0.2, 0) is 13.0 Å². The molecule has 0 spiro atoms. The van der Waals surface area contributed by atoms with Crippen molar-refractivity contribution in [3.05, 3.63) is 87.4 Å². The third-order valence-electron chi connectivity index (χ3n) is 5.08. The minimum atomic E-state index is -0.336. The summed E-state index contributed by atoms with van der Waals surface area (Å²) in [5, 5.41) is 17.7. The van der Waals surface area contributed by atoms with Gasteiger partial charge < -0.3 is 15.2 Å². The Morgan fingerprint density at radius 3 is 2.70 bits per heavy atom. The lowest BCUT2D eigenvalue weighted by atomic mass is 9.83. The molecule has 7 heteroatoms. The smallest absolute Gasteiger partial charge is 0.244 e. The summed E-state index contributed by atoms with van der Waals surface area (Å²) >= 11 is 6.19. The Morgan fingerprint density at radius 2 is 2.00 bits per heavy atom. The number of nitrogens with zero attached hydrogens (tertiary/aromatic N) is 2. The number of nitrogens with one attached hydrogen (secondary N) is 1. The van der Waals surface area contributed by atoms with Gasteiger partial charge in [0.25, 0.3) is 0 Å². The molecule has 2 aromatic carbocycles. The van der Waals surface area contributed by atoms with E-state index in [-0.39, 0.29) is 11.8 Å². The number of ether oxygens (including phenoxy) is 2. The van der Waals surface area contributed by atoms with Crippen LogP contribution in [0.5, 0.6) is 11.6 Å². The Kier molecular flexibility index (Phi) is 5.64. The number of halogens is 1. The maximum absolute atomic E-state index is 9.73. The molecular weight excluding hydrogens is 400 g/mol. The van der Waals surface area contributed by atoms with E-state index >= 15 is 0 Å². The Bertz CT molecular complexity index is 1130. The molecule has 0 amide bonds. The van der Waals surface area contributed by atoms with E-state index < -0.39 is 0 Å². The van der Waals surface area contributed by atoms with E-state index in [0.717, 1.165) is 35.2 Å². The molecule has 3 N–H and O–H groups in total. The van der Waals surface area contributed by atoms with Crippen LogP contribution in [0, 0.1) is 11.3 Å². The van der Waals surface area contributed by atoms with Gasteiger partial charge in [-0.1, -0.05) is 55.3 Å². The van der Waals surface area contributed by atoms with Gasteiger partial charge >= 0.3 is 0 Å². The largest absolute Gasteiger partial charge is 0.489 e. The molecule has 0 saturated carbocycles. The van der Waals surface area contributed by atoms with Gasteiger partial charge in [0.2, 0.25) is 11.8 Å². The number of hydrogen-bond donors (Lipinski definition) is 2. The molecule has 3 aromatic rings. The topological polar surface area (TPSA) is 97.0 Å². The summed E-state index contributed by atoms with van der Waals surface area (Å²) in [4.78, 5) is 0. The van der Waals surface area contributed by atoms with Gasteiger partial charge in [-0.05, 0) is 30.2 Å². The molecule has 30 heavy (non-hydrogen) atoms. The van der Waals surface area contributed by atoms with Crippen LogP contribution in [0.2, 0.25) is 5.02 Å². The number of fused-ring (bicyclic) bond motifs is 1. The number of benzene rings is 2. The lowest BCUT2D eigenvalue weighted by Gasteiger charge is -2.24. The van der Waals surface area contributed by atoms with Crippen molar-refractivity contribution >= 4 is 11.6 Å².